The number of fused-ring (bicyclic) bond motifs is 1. The molecule has 0 atom stereocenters. The van der Waals surface area contributed by atoms with Gasteiger partial charge >= 0.3 is 0 Å². The molecule has 4 nitrogen and oxygen atoms in total. The first-order valence-electron chi connectivity index (χ1n) is 3.80. The second kappa shape index (κ2) is 2.82. The SMILES string of the molecule is Nc1nc2ccccc2cc1N=O. The molecular weight excluding hydrogens is 166 g/mol. The quantitative estimate of drug-likeness (QED) is 0.672. The first-order chi connectivity index (χ1) is 6.31. The maximum absolute atomic E-state index is 10.3. The van der Waals surface area contributed by atoms with Gasteiger partial charge in [-0.3, -0.25) is 0 Å². The normalized spacial score (nSPS) is 10.2. The zero-order valence-electron chi connectivity index (χ0n) is 6.77. The average molecular weight is 173 g/mol. The topological polar surface area (TPSA) is 68.3 Å². The van der Waals surface area contributed by atoms with Gasteiger partial charge in [-0.05, 0) is 17.3 Å². The van der Waals surface area contributed by atoms with E-state index in [4.69, 9.17) is 5.73 Å². The standard InChI is InChI=1S/C9H7N3O/c10-9-8(12-13)5-6-3-1-2-4-7(6)11-9/h1-5H,(H2,10,11). The zero-order chi connectivity index (χ0) is 9.26. The van der Waals surface area contributed by atoms with Crippen LogP contribution < -0.4 is 5.73 Å². The van der Waals surface area contributed by atoms with E-state index in [-0.39, 0.29) is 11.5 Å². The van der Waals surface area contributed by atoms with Crippen LogP contribution in [0.15, 0.2) is 35.5 Å². The van der Waals surface area contributed by atoms with Gasteiger partial charge in [-0.1, -0.05) is 18.2 Å². The molecule has 1 heterocycles. The van der Waals surface area contributed by atoms with Crippen molar-refractivity contribution in [3.05, 3.63) is 35.2 Å². The van der Waals surface area contributed by atoms with Crippen LogP contribution in [0.4, 0.5) is 11.5 Å². The van der Waals surface area contributed by atoms with Gasteiger partial charge in [0.1, 0.15) is 0 Å². The van der Waals surface area contributed by atoms with E-state index < -0.39 is 0 Å². The minimum atomic E-state index is 0.175. The van der Waals surface area contributed by atoms with Crippen LogP contribution in [0.3, 0.4) is 0 Å². The van der Waals surface area contributed by atoms with Gasteiger partial charge in [0.05, 0.1) is 5.52 Å². The summed E-state index contributed by atoms with van der Waals surface area (Å²) >= 11 is 0. The number of pyridine rings is 1. The van der Waals surface area contributed by atoms with E-state index in [9.17, 15) is 4.91 Å². The highest BCUT2D eigenvalue weighted by Crippen LogP contribution is 2.24. The highest BCUT2D eigenvalue weighted by atomic mass is 16.3. The van der Waals surface area contributed by atoms with Crippen molar-refractivity contribution in [3.8, 4) is 0 Å². The molecule has 0 spiro atoms. The van der Waals surface area contributed by atoms with Crippen LogP contribution >= 0.6 is 0 Å². The molecule has 0 saturated heterocycles. The molecule has 13 heavy (non-hydrogen) atoms. The number of nitrogen functional groups attached to an aromatic ring is 1. The minimum absolute atomic E-state index is 0.175. The van der Waals surface area contributed by atoms with Crippen molar-refractivity contribution in [3.63, 3.8) is 0 Å². The monoisotopic (exact) mass is 173 g/mol. The smallest absolute Gasteiger partial charge is 0.153 e. The Labute approximate surface area is 74.4 Å². The fourth-order valence-electron chi connectivity index (χ4n) is 1.19. The number of hydrogen-bond acceptors (Lipinski definition) is 4. The lowest BCUT2D eigenvalue weighted by atomic mass is 10.2. The molecule has 0 amide bonds. The lowest BCUT2D eigenvalue weighted by Gasteiger charge is -1.99. The highest BCUT2D eigenvalue weighted by Gasteiger charge is 2.02. The fraction of sp³-hybridized carbons (Fsp3) is 0. The second-order valence-electron chi connectivity index (χ2n) is 2.68. The average Bonchev–Trinajstić information content (AvgIpc) is 2.17. The first kappa shape index (κ1) is 7.67. The Kier molecular flexibility index (Phi) is 1.66. The molecular formula is C9H7N3O. The lowest BCUT2D eigenvalue weighted by Crippen LogP contribution is -1.90. The molecule has 64 valence electrons. The molecule has 2 N–H and O–H groups in total. The Hall–Kier alpha value is -1.97. The summed E-state index contributed by atoms with van der Waals surface area (Å²) in [5, 5.41) is 3.65. The summed E-state index contributed by atoms with van der Waals surface area (Å²) in [5.74, 6) is 0.175. The number of nitroso groups, excluding NO2 is 1. The molecule has 1 aromatic carbocycles. The van der Waals surface area contributed by atoms with E-state index in [1.54, 1.807) is 6.07 Å². The number of hydrogen-bond donors (Lipinski definition) is 1. The van der Waals surface area contributed by atoms with Gasteiger partial charge in [-0.25, -0.2) is 4.98 Å². The summed E-state index contributed by atoms with van der Waals surface area (Å²) in [7, 11) is 0. The molecule has 2 rings (SSSR count). The summed E-state index contributed by atoms with van der Waals surface area (Å²) in [5.41, 5.74) is 6.46. The summed E-state index contributed by atoms with van der Waals surface area (Å²) in [6.07, 6.45) is 0. The van der Waals surface area contributed by atoms with E-state index in [0.29, 0.717) is 0 Å². The summed E-state index contributed by atoms with van der Waals surface area (Å²) in [4.78, 5) is 14.3. The Morgan fingerprint density at radius 3 is 2.85 bits per heavy atom. The number of nitrogens with two attached hydrogens (primary N) is 1. The number of anilines is 1. The molecule has 0 aliphatic heterocycles. The maximum Gasteiger partial charge on any atom is 0.153 e. The maximum atomic E-state index is 10.3. The van der Waals surface area contributed by atoms with Crippen LogP contribution in [0.2, 0.25) is 0 Å². The van der Waals surface area contributed by atoms with Crippen molar-refractivity contribution >= 4 is 22.4 Å². The molecule has 2 aromatic rings. The number of aromatic nitrogens is 1. The van der Waals surface area contributed by atoms with Gasteiger partial charge in [-0.15, -0.1) is 4.91 Å². The molecule has 4 heteroatoms. The largest absolute Gasteiger partial charge is 0.382 e. The third-order valence-corrected chi connectivity index (χ3v) is 1.83. The predicted molar refractivity (Wildman–Crippen MR) is 51.6 cm³/mol. The fourth-order valence-corrected chi connectivity index (χ4v) is 1.19. The number of nitrogens with zero attached hydrogens (tertiary/aromatic N) is 2. The summed E-state index contributed by atoms with van der Waals surface area (Å²) < 4.78 is 0. The molecule has 0 radical (unpaired) electrons. The van der Waals surface area contributed by atoms with E-state index in [1.807, 2.05) is 24.3 Å². The summed E-state index contributed by atoms with van der Waals surface area (Å²) in [6.45, 7) is 0. The van der Waals surface area contributed by atoms with Crippen LogP contribution in [0.1, 0.15) is 0 Å². The molecule has 0 aliphatic carbocycles. The van der Waals surface area contributed by atoms with Crippen molar-refractivity contribution in [2.45, 2.75) is 0 Å². The van der Waals surface area contributed by atoms with Crippen LogP contribution in [-0.2, 0) is 0 Å². The first-order valence-corrected chi connectivity index (χ1v) is 3.80. The minimum Gasteiger partial charge on any atom is -0.382 e. The van der Waals surface area contributed by atoms with Gasteiger partial charge in [-0.2, -0.15) is 0 Å². The van der Waals surface area contributed by atoms with Crippen LogP contribution in [0.25, 0.3) is 10.9 Å². The third-order valence-electron chi connectivity index (χ3n) is 1.83. The van der Waals surface area contributed by atoms with Gasteiger partial charge in [0.25, 0.3) is 0 Å². The molecule has 0 bridgehead atoms. The predicted octanol–water partition coefficient (Wildman–Crippen LogP) is 2.21. The Balaban J connectivity index is 2.81. The molecule has 0 aliphatic rings. The molecule has 0 unspecified atom stereocenters. The van der Waals surface area contributed by atoms with Gasteiger partial charge in [0.15, 0.2) is 11.5 Å². The second-order valence-corrected chi connectivity index (χ2v) is 2.68. The lowest BCUT2D eigenvalue weighted by molar-refractivity contribution is 1.37. The molecule has 1 aromatic heterocycles. The van der Waals surface area contributed by atoms with E-state index in [1.165, 1.54) is 0 Å². The van der Waals surface area contributed by atoms with Crippen molar-refractivity contribution in [2.75, 3.05) is 5.73 Å². The van der Waals surface area contributed by atoms with Crippen LogP contribution in [-0.4, -0.2) is 4.98 Å². The van der Waals surface area contributed by atoms with E-state index in [0.717, 1.165) is 10.9 Å². The van der Waals surface area contributed by atoms with E-state index in [2.05, 4.69) is 10.2 Å². The number of rotatable bonds is 1. The van der Waals surface area contributed by atoms with Crippen molar-refractivity contribution < 1.29 is 0 Å². The van der Waals surface area contributed by atoms with Crippen molar-refractivity contribution in [1.29, 1.82) is 0 Å². The Morgan fingerprint density at radius 2 is 2.08 bits per heavy atom. The van der Waals surface area contributed by atoms with Crippen LogP contribution in [0.5, 0.6) is 0 Å². The Bertz CT molecular complexity index is 467. The Morgan fingerprint density at radius 1 is 1.31 bits per heavy atom. The molecule has 0 saturated carbocycles. The number of benzene rings is 1. The third kappa shape index (κ3) is 1.22. The van der Waals surface area contributed by atoms with Crippen molar-refractivity contribution in [1.82, 2.24) is 4.98 Å². The van der Waals surface area contributed by atoms with Gasteiger partial charge in [0.2, 0.25) is 0 Å². The molecule has 0 fully saturated rings. The van der Waals surface area contributed by atoms with Crippen molar-refractivity contribution in [2.24, 2.45) is 5.18 Å². The summed E-state index contributed by atoms with van der Waals surface area (Å²) in [6, 6.07) is 9.05. The van der Waals surface area contributed by atoms with E-state index >= 15 is 0 Å². The van der Waals surface area contributed by atoms with Crippen LogP contribution in [0, 0.1) is 4.91 Å². The highest BCUT2D eigenvalue weighted by molar-refractivity contribution is 5.84. The van der Waals surface area contributed by atoms with Gasteiger partial charge < -0.3 is 5.73 Å². The van der Waals surface area contributed by atoms with Gasteiger partial charge in [0, 0.05) is 5.39 Å². The zero-order valence-corrected chi connectivity index (χ0v) is 6.77. The number of para-hydroxylation sites is 1.